The van der Waals surface area contributed by atoms with Gasteiger partial charge >= 0.3 is 11.9 Å². The summed E-state index contributed by atoms with van der Waals surface area (Å²) in [5.74, 6) is -1.44. The minimum atomic E-state index is -1.08. The van der Waals surface area contributed by atoms with Gasteiger partial charge in [-0.3, -0.25) is 9.59 Å². The Morgan fingerprint density at radius 1 is 0.857 bits per heavy atom. The van der Waals surface area contributed by atoms with E-state index in [0.29, 0.717) is 6.61 Å². The molecule has 5 nitrogen and oxygen atoms in total. The highest BCUT2D eigenvalue weighted by Gasteiger charge is 2.13. The van der Waals surface area contributed by atoms with Crippen molar-refractivity contribution >= 4 is 11.9 Å². The lowest BCUT2D eigenvalue weighted by molar-refractivity contribution is -0.144. The Balaban J connectivity index is 3.26. The van der Waals surface area contributed by atoms with Crippen molar-refractivity contribution in [3.8, 4) is 0 Å². The number of hydrogen-bond donors (Lipinski definition) is 2. The topological polar surface area (TPSA) is 89.6 Å². The quantitative estimate of drug-likeness (QED) is 0.155. The lowest BCUT2D eigenvalue weighted by Gasteiger charge is -2.07. The fourth-order valence-electron chi connectivity index (χ4n) is 3.00. The van der Waals surface area contributed by atoms with Gasteiger partial charge in [0.05, 0.1) is 6.61 Å². The van der Waals surface area contributed by atoms with Crippen LogP contribution in [-0.2, 0) is 14.3 Å². The van der Waals surface area contributed by atoms with E-state index in [-0.39, 0.29) is 18.8 Å². The number of carboxylic acids is 1. The van der Waals surface area contributed by atoms with Crippen LogP contribution >= 0.6 is 0 Å². The summed E-state index contributed by atoms with van der Waals surface area (Å²) in [5, 5.41) is 8.65. The van der Waals surface area contributed by atoms with Crippen molar-refractivity contribution in [1.29, 1.82) is 0 Å². The van der Waals surface area contributed by atoms with Crippen molar-refractivity contribution in [3.63, 3.8) is 0 Å². The fraction of sp³-hybridized carbons (Fsp3) is 0.826. The fourth-order valence-corrected chi connectivity index (χ4v) is 3.00. The molecule has 5 heteroatoms. The zero-order valence-corrected chi connectivity index (χ0v) is 18.0. The van der Waals surface area contributed by atoms with Crippen LogP contribution in [0.25, 0.3) is 0 Å². The van der Waals surface area contributed by atoms with Crippen molar-refractivity contribution in [2.24, 2.45) is 5.73 Å². The van der Waals surface area contributed by atoms with Crippen molar-refractivity contribution < 1.29 is 19.4 Å². The van der Waals surface area contributed by atoms with Crippen LogP contribution in [0.4, 0.5) is 0 Å². The van der Waals surface area contributed by atoms with E-state index in [1.54, 1.807) is 0 Å². The number of carbonyl (C=O) groups excluding carboxylic acids is 1. The number of esters is 1. The second-order valence-corrected chi connectivity index (χ2v) is 7.64. The van der Waals surface area contributed by atoms with Gasteiger partial charge < -0.3 is 15.6 Å². The monoisotopic (exact) mass is 397 g/mol. The van der Waals surface area contributed by atoms with Crippen molar-refractivity contribution in [2.75, 3.05) is 6.61 Å². The highest BCUT2D eigenvalue weighted by molar-refractivity contribution is 5.75. The van der Waals surface area contributed by atoms with Crippen LogP contribution in [-0.4, -0.2) is 29.7 Å². The van der Waals surface area contributed by atoms with Crippen LogP contribution < -0.4 is 5.73 Å². The van der Waals surface area contributed by atoms with E-state index in [2.05, 4.69) is 19.1 Å². The molecule has 0 saturated carbocycles. The van der Waals surface area contributed by atoms with Gasteiger partial charge in [-0.05, 0) is 38.5 Å². The average molecular weight is 398 g/mol. The molecule has 0 amide bonds. The van der Waals surface area contributed by atoms with Gasteiger partial charge in [0.25, 0.3) is 0 Å². The van der Waals surface area contributed by atoms with Gasteiger partial charge in [0.1, 0.15) is 6.04 Å². The Hall–Kier alpha value is -1.36. The molecule has 0 aromatic carbocycles. The normalized spacial score (nSPS) is 12.4. The van der Waals surface area contributed by atoms with Crippen LogP contribution in [0.3, 0.4) is 0 Å². The Morgan fingerprint density at radius 2 is 1.36 bits per heavy atom. The second kappa shape index (κ2) is 20.4. The number of nitrogens with two attached hydrogens (primary N) is 1. The number of allylic oxidation sites excluding steroid dienone is 2. The first-order valence-corrected chi connectivity index (χ1v) is 11.4. The number of carboxylic acid groups (broad SMARTS) is 1. The van der Waals surface area contributed by atoms with Gasteiger partial charge in [0.15, 0.2) is 0 Å². The lowest BCUT2D eigenvalue weighted by Crippen LogP contribution is -2.30. The molecule has 28 heavy (non-hydrogen) atoms. The standard InChI is InChI=1S/C23H43NO4/c1-2-3-4-5-6-7-8-9-10-11-12-13-14-15-16-17-20-28-22(25)19-18-21(24)23(26)27/h9-10,21H,2-8,11-20,24H2,1H3,(H,26,27)/t21-/m0/s1. The first-order chi connectivity index (χ1) is 13.6. The summed E-state index contributed by atoms with van der Waals surface area (Å²) in [5.41, 5.74) is 5.35. The molecule has 0 bridgehead atoms. The summed E-state index contributed by atoms with van der Waals surface area (Å²) in [6, 6.07) is -0.988. The zero-order valence-electron chi connectivity index (χ0n) is 18.0. The molecule has 0 radical (unpaired) electrons. The third kappa shape index (κ3) is 19.4. The first-order valence-electron chi connectivity index (χ1n) is 11.4. The molecule has 0 unspecified atom stereocenters. The summed E-state index contributed by atoms with van der Waals surface area (Å²) in [6.45, 7) is 2.67. The second-order valence-electron chi connectivity index (χ2n) is 7.64. The van der Waals surface area contributed by atoms with Crippen LogP contribution in [0.2, 0.25) is 0 Å². The molecule has 0 aliphatic heterocycles. The molecule has 0 fully saturated rings. The zero-order chi connectivity index (χ0) is 20.9. The third-order valence-corrected chi connectivity index (χ3v) is 4.90. The summed E-state index contributed by atoms with van der Waals surface area (Å²) >= 11 is 0. The molecule has 0 aliphatic carbocycles. The smallest absolute Gasteiger partial charge is 0.320 e. The molecule has 1 atom stereocenters. The number of aliphatic carboxylic acids is 1. The molecular weight excluding hydrogens is 354 g/mol. The number of ether oxygens (including phenoxy) is 1. The van der Waals surface area contributed by atoms with E-state index in [4.69, 9.17) is 15.6 Å². The summed E-state index contributed by atoms with van der Waals surface area (Å²) in [6.07, 6.45) is 22.3. The number of rotatable bonds is 20. The van der Waals surface area contributed by atoms with Gasteiger partial charge in [-0.25, -0.2) is 0 Å². The maximum absolute atomic E-state index is 11.5. The van der Waals surface area contributed by atoms with E-state index in [0.717, 1.165) is 12.8 Å². The molecule has 3 N–H and O–H groups in total. The lowest BCUT2D eigenvalue weighted by atomic mass is 10.1. The van der Waals surface area contributed by atoms with Gasteiger partial charge in [-0.2, -0.15) is 0 Å². The Labute approximate surface area is 172 Å². The highest BCUT2D eigenvalue weighted by atomic mass is 16.5. The largest absolute Gasteiger partial charge is 0.480 e. The van der Waals surface area contributed by atoms with E-state index < -0.39 is 12.0 Å². The third-order valence-electron chi connectivity index (χ3n) is 4.90. The van der Waals surface area contributed by atoms with Crippen molar-refractivity contribution in [2.45, 2.75) is 116 Å². The first kappa shape index (κ1) is 26.6. The average Bonchev–Trinajstić information content (AvgIpc) is 2.68. The van der Waals surface area contributed by atoms with E-state index in [9.17, 15) is 9.59 Å². The van der Waals surface area contributed by atoms with Gasteiger partial charge in [-0.15, -0.1) is 0 Å². The van der Waals surface area contributed by atoms with Gasteiger partial charge in [0.2, 0.25) is 0 Å². The molecule has 164 valence electrons. The molecule has 0 aliphatic rings. The van der Waals surface area contributed by atoms with E-state index >= 15 is 0 Å². The molecule has 0 spiro atoms. The van der Waals surface area contributed by atoms with E-state index in [1.165, 1.54) is 77.0 Å². The molecular formula is C23H43NO4. The molecule has 0 aromatic rings. The van der Waals surface area contributed by atoms with Crippen molar-refractivity contribution in [1.82, 2.24) is 0 Å². The van der Waals surface area contributed by atoms with Crippen LogP contribution in [0, 0.1) is 0 Å². The van der Waals surface area contributed by atoms with Crippen LogP contribution in [0.5, 0.6) is 0 Å². The molecule has 0 rings (SSSR count). The van der Waals surface area contributed by atoms with E-state index in [1.807, 2.05) is 0 Å². The molecule has 0 aromatic heterocycles. The summed E-state index contributed by atoms with van der Waals surface area (Å²) in [4.78, 5) is 22.0. The van der Waals surface area contributed by atoms with Crippen molar-refractivity contribution in [3.05, 3.63) is 12.2 Å². The SMILES string of the molecule is CCCCCCCCC=CCCCCCCCCOC(=O)CC[C@H](N)C(=O)O. The Kier molecular flexibility index (Phi) is 19.4. The van der Waals surface area contributed by atoms with Crippen LogP contribution in [0.15, 0.2) is 12.2 Å². The number of unbranched alkanes of at least 4 members (excludes halogenated alkanes) is 12. The van der Waals surface area contributed by atoms with Gasteiger partial charge in [-0.1, -0.05) is 76.9 Å². The number of carbonyl (C=O) groups is 2. The minimum Gasteiger partial charge on any atom is -0.480 e. The summed E-state index contributed by atoms with van der Waals surface area (Å²) < 4.78 is 5.09. The Morgan fingerprint density at radius 3 is 1.89 bits per heavy atom. The van der Waals surface area contributed by atoms with Crippen LogP contribution in [0.1, 0.15) is 110 Å². The Bertz CT molecular complexity index is 409. The molecule has 0 saturated heterocycles. The minimum absolute atomic E-state index is 0.0693. The number of hydrogen-bond acceptors (Lipinski definition) is 4. The predicted octanol–water partition coefficient (Wildman–Crippen LogP) is 5.76. The maximum Gasteiger partial charge on any atom is 0.320 e. The highest BCUT2D eigenvalue weighted by Crippen LogP contribution is 2.10. The van der Waals surface area contributed by atoms with Gasteiger partial charge in [0, 0.05) is 6.42 Å². The predicted molar refractivity (Wildman–Crippen MR) is 115 cm³/mol. The molecule has 0 heterocycles. The summed E-state index contributed by atoms with van der Waals surface area (Å²) in [7, 11) is 0. The maximum atomic E-state index is 11.5.